The Bertz CT molecular complexity index is 636. The van der Waals surface area contributed by atoms with Crippen LogP contribution in [-0.4, -0.2) is 18.1 Å². The SMILES string of the molecule is COC(=O)Cc1cncc(-c2ccc(C(F)(F)F)cc2)c1. The van der Waals surface area contributed by atoms with E-state index in [-0.39, 0.29) is 6.42 Å². The molecule has 0 atom stereocenters. The zero-order valence-corrected chi connectivity index (χ0v) is 11.1. The van der Waals surface area contributed by atoms with E-state index in [0.717, 1.165) is 12.1 Å². The molecule has 0 amide bonds. The van der Waals surface area contributed by atoms with Gasteiger partial charge < -0.3 is 4.74 Å². The summed E-state index contributed by atoms with van der Waals surface area (Å²) in [4.78, 5) is 15.2. The molecule has 0 spiro atoms. The fourth-order valence-corrected chi connectivity index (χ4v) is 1.83. The lowest BCUT2D eigenvalue weighted by atomic mass is 10.0. The van der Waals surface area contributed by atoms with Crippen molar-refractivity contribution in [2.75, 3.05) is 7.11 Å². The second-order valence-corrected chi connectivity index (χ2v) is 4.41. The topological polar surface area (TPSA) is 39.2 Å². The highest BCUT2D eigenvalue weighted by Crippen LogP contribution is 2.30. The van der Waals surface area contributed by atoms with E-state index in [4.69, 9.17) is 0 Å². The van der Waals surface area contributed by atoms with Crippen molar-refractivity contribution in [3.05, 3.63) is 53.9 Å². The van der Waals surface area contributed by atoms with Gasteiger partial charge in [-0.05, 0) is 29.3 Å². The molecule has 0 saturated heterocycles. The minimum Gasteiger partial charge on any atom is -0.469 e. The van der Waals surface area contributed by atoms with E-state index in [1.165, 1.54) is 31.6 Å². The molecule has 1 aromatic carbocycles. The molecule has 0 saturated carbocycles. The van der Waals surface area contributed by atoms with Crippen molar-refractivity contribution in [3.63, 3.8) is 0 Å². The number of pyridine rings is 1. The zero-order chi connectivity index (χ0) is 15.5. The predicted molar refractivity (Wildman–Crippen MR) is 70.4 cm³/mol. The van der Waals surface area contributed by atoms with E-state index in [9.17, 15) is 18.0 Å². The minimum atomic E-state index is -4.36. The third-order valence-electron chi connectivity index (χ3n) is 2.92. The van der Waals surface area contributed by atoms with Crippen LogP contribution in [0.2, 0.25) is 0 Å². The molecular weight excluding hydrogens is 283 g/mol. The lowest BCUT2D eigenvalue weighted by Crippen LogP contribution is -2.05. The molecule has 0 radical (unpaired) electrons. The summed E-state index contributed by atoms with van der Waals surface area (Å²) in [5.41, 5.74) is 1.18. The maximum Gasteiger partial charge on any atom is 0.416 e. The van der Waals surface area contributed by atoms with Crippen molar-refractivity contribution in [1.29, 1.82) is 0 Å². The van der Waals surface area contributed by atoms with Gasteiger partial charge in [-0.2, -0.15) is 13.2 Å². The second-order valence-electron chi connectivity index (χ2n) is 4.41. The van der Waals surface area contributed by atoms with Crippen LogP contribution in [0.15, 0.2) is 42.7 Å². The number of aromatic nitrogens is 1. The Morgan fingerprint density at radius 3 is 2.38 bits per heavy atom. The Balaban J connectivity index is 2.26. The van der Waals surface area contributed by atoms with Gasteiger partial charge in [0.1, 0.15) is 0 Å². The molecular formula is C15H12F3NO2. The first-order valence-corrected chi connectivity index (χ1v) is 6.08. The fourth-order valence-electron chi connectivity index (χ4n) is 1.83. The van der Waals surface area contributed by atoms with Gasteiger partial charge in [-0.25, -0.2) is 0 Å². The van der Waals surface area contributed by atoms with Crippen LogP contribution in [0.25, 0.3) is 11.1 Å². The van der Waals surface area contributed by atoms with Gasteiger partial charge in [0.15, 0.2) is 0 Å². The van der Waals surface area contributed by atoms with Gasteiger partial charge in [0.05, 0.1) is 19.1 Å². The van der Waals surface area contributed by atoms with Crippen LogP contribution in [0.1, 0.15) is 11.1 Å². The number of carbonyl (C=O) groups excluding carboxylic acids is 1. The molecule has 6 heteroatoms. The van der Waals surface area contributed by atoms with Crippen molar-refractivity contribution in [2.24, 2.45) is 0 Å². The van der Waals surface area contributed by atoms with Crippen LogP contribution >= 0.6 is 0 Å². The van der Waals surface area contributed by atoms with Gasteiger partial charge in [0, 0.05) is 18.0 Å². The minimum absolute atomic E-state index is 0.0674. The van der Waals surface area contributed by atoms with E-state index in [0.29, 0.717) is 16.7 Å². The number of nitrogens with zero attached hydrogens (tertiary/aromatic N) is 1. The maximum atomic E-state index is 12.5. The van der Waals surface area contributed by atoms with Crippen LogP contribution in [0.3, 0.4) is 0 Å². The lowest BCUT2D eigenvalue weighted by Gasteiger charge is -2.08. The van der Waals surface area contributed by atoms with Crippen LogP contribution < -0.4 is 0 Å². The molecule has 1 heterocycles. The summed E-state index contributed by atoms with van der Waals surface area (Å²) in [5.74, 6) is -0.402. The summed E-state index contributed by atoms with van der Waals surface area (Å²) in [7, 11) is 1.29. The highest BCUT2D eigenvalue weighted by Gasteiger charge is 2.29. The van der Waals surface area contributed by atoms with E-state index in [1.54, 1.807) is 6.07 Å². The largest absolute Gasteiger partial charge is 0.469 e. The monoisotopic (exact) mass is 295 g/mol. The fraction of sp³-hybridized carbons (Fsp3) is 0.200. The number of esters is 1. The van der Waals surface area contributed by atoms with Gasteiger partial charge in [-0.15, -0.1) is 0 Å². The van der Waals surface area contributed by atoms with Crippen LogP contribution in [0, 0.1) is 0 Å². The first-order chi connectivity index (χ1) is 9.90. The van der Waals surface area contributed by atoms with Crippen molar-refractivity contribution in [2.45, 2.75) is 12.6 Å². The molecule has 0 bridgehead atoms. The number of rotatable bonds is 3. The van der Waals surface area contributed by atoms with Crippen molar-refractivity contribution >= 4 is 5.97 Å². The van der Waals surface area contributed by atoms with Crippen LogP contribution in [-0.2, 0) is 22.1 Å². The number of hydrogen-bond donors (Lipinski definition) is 0. The Kier molecular flexibility index (Phi) is 4.26. The number of halogens is 3. The summed E-state index contributed by atoms with van der Waals surface area (Å²) < 4.78 is 42.1. The molecule has 3 nitrogen and oxygen atoms in total. The van der Waals surface area contributed by atoms with Gasteiger partial charge >= 0.3 is 12.1 Å². The number of alkyl halides is 3. The summed E-state index contributed by atoms with van der Waals surface area (Å²) in [6, 6.07) is 6.49. The van der Waals surface area contributed by atoms with Crippen molar-refractivity contribution in [1.82, 2.24) is 4.98 Å². The number of methoxy groups -OCH3 is 1. The molecule has 2 rings (SSSR count). The molecule has 2 aromatic rings. The third-order valence-corrected chi connectivity index (χ3v) is 2.92. The van der Waals surface area contributed by atoms with E-state index in [1.807, 2.05) is 0 Å². The molecule has 0 aliphatic rings. The Morgan fingerprint density at radius 2 is 1.81 bits per heavy atom. The van der Waals surface area contributed by atoms with Gasteiger partial charge in [-0.1, -0.05) is 12.1 Å². The normalized spacial score (nSPS) is 11.2. The number of ether oxygens (including phenoxy) is 1. The molecule has 0 unspecified atom stereocenters. The first kappa shape index (κ1) is 15.0. The van der Waals surface area contributed by atoms with Crippen LogP contribution in [0.4, 0.5) is 13.2 Å². The molecule has 21 heavy (non-hydrogen) atoms. The van der Waals surface area contributed by atoms with E-state index in [2.05, 4.69) is 9.72 Å². The zero-order valence-electron chi connectivity index (χ0n) is 11.1. The Hall–Kier alpha value is -2.37. The third kappa shape index (κ3) is 3.81. The van der Waals surface area contributed by atoms with Crippen molar-refractivity contribution in [3.8, 4) is 11.1 Å². The van der Waals surface area contributed by atoms with Crippen LogP contribution in [0.5, 0.6) is 0 Å². The van der Waals surface area contributed by atoms with Gasteiger partial charge in [-0.3, -0.25) is 9.78 Å². The summed E-state index contributed by atoms with van der Waals surface area (Å²) >= 11 is 0. The number of benzene rings is 1. The molecule has 0 aliphatic heterocycles. The molecule has 0 aliphatic carbocycles. The maximum absolute atomic E-state index is 12.5. The highest BCUT2D eigenvalue weighted by molar-refractivity contribution is 5.73. The highest BCUT2D eigenvalue weighted by atomic mass is 19.4. The smallest absolute Gasteiger partial charge is 0.416 e. The molecule has 1 aromatic heterocycles. The van der Waals surface area contributed by atoms with Crippen molar-refractivity contribution < 1.29 is 22.7 Å². The average molecular weight is 295 g/mol. The number of carbonyl (C=O) groups is 1. The standard InChI is InChI=1S/C15H12F3NO2/c1-21-14(20)7-10-6-12(9-19-8-10)11-2-4-13(5-3-11)15(16,17)18/h2-6,8-9H,7H2,1H3. The number of hydrogen-bond acceptors (Lipinski definition) is 3. The average Bonchev–Trinajstić information content (AvgIpc) is 2.46. The lowest BCUT2D eigenvalue weighted by molar-refractivity contribution is -0.140. The van der Waals surface area contributed by atoms with Gasteiger partial charge in [0.2, 0.25) is 0 Å². The molecule has 110 valence electrons. The molecule has 0 fully saturated rings. The summed E-state index contributed by atoms with van der Waals surface area (Å²) in [6.07, 6.45) is -1.24. The Labute approximate surface area is 119 Å². The Morgan fingerprint density at radius 1 is 1.14 bits per heavy atom. The molecule has 0 N–H and O–H groups in total. The summed E-state index contributed by atoms with van der Waals surface area (Å²) in [5, 5.41) is 0. The van der Waals surface area contributed by atoms with E-state index >= 15 is 0 Å². The van der Waals surface area contributed by atoms with Gasteiger partial charge in [0.25, 0.3) is 0 Å². The first-order valence-electron chi connectivity index (χ1n) is 6.08. The summed E-state index contributed by atoms with van der Waals surface area (Å²) in [6.45, 7) is 0. The quantitative estimate of drug-likeness (QED) is 0.814. The second kappa shape index (κ2) is 5.95. The van der Waals surface area contributed by atoms with E-state index < -0.39 is 17.7 Å². The predicted octanol–water partition coefficient (Wildman–Crippen LogP) is 3.48.